The molecule has 2 aromatic heterocycles. The number of phenols is 1. The van der Waals surface area contributed by atoms with Gasteiger partial charge in [0.2, 0.25) is 0 Å². The molecule has 2 aliphatic heterocycles. The quantitative estimate of drug-likeness (QED) is 0.659. The maximum atomic E-state index is 10.4. The Kier molecular flexibility index (Phi) is 4.10. The van der Waals surface area contributed by atoms with E-state index in [4.69, 9.17) is 0 Å². The first-order valence-corrected chi connectivity index (χ1v) is 9.38. The predicted molar refractivity (Wildman–Crippen MR) is 102 cm³/mol. The lowest BCUT2D eigenvalue weighted by Gasteiger charge is -2.32. The molecule has 2 aliphatic rings. The van der Waals surface area contributed by atoms with Crippen LogP contribution in [0.15, 0.2) is 42.7 Å². The highest BCUT2D eigenvalue weighted by atomic mass is 16.3. The van der Waals surface area contributed by atoms with E-state index in [0.717, 1.165) is 36.5 Å². The van der Waals surface area contributed by atoms with Crippen LogP contribution in [-0.2, 0) is 6.54 Å². The number of aromatic amines is 1. The van der Waals surface area contributed by atoms with E-state index in [0.29, 0.717) is 23.3 Å². The summed E-state index contributed by atoms with van der Waals surface area (Å²) in [6.45, 7) is 2.99. The second-order valence-corrected chi connectivity index (χ2v) is 7.46. The van der Waals surface area contributed by atoms with E-state index in [1.807, 2.05) is 24.3 Å². The average Bonchev–Trinajstić information content (AvgIpc) is 3.32. The molecular weight excluding hydrogens is 340 g/mol. The van der Waals surface area contributed by atoms with Crippen molar-refractivity contribution in [1.82, 2.24) is 30.6 Å². The Morgan fingerprint density at radius 3 is 2.56 bits per heavy atom. The highest BCUT2D eigenvalue weighted by Crippen LogP contribution is 2.32. The first kappa shape index (κ1) is 16.4. The zero-order valence-corrected chi connectivity index (χ0v) is 15.0. The molecule has 27 heavy (non-hydrogen) atoms. The van der Waals surface area contributed by atoms with E-state index < -0.39 is 0 Å². The Labute approximate surface area is 157 Å². The molecule has 1 aromatic carbocycles. The molecule has 4 heterocycles. The van der Waals surface area contributed by atoms with Crippen molar-refractivity contribution in [2.24, 2.45) is 0 Å². The molecule has 5 rings (SSSR count). The molecule has 7 heteroatoms. The van der Waals surface area contributed by atoms with E-state index >= 15 is 0 Å². The standard InChI is InChI=1S/C20H22N6O/c27-20-7-13(14-8-21-22-9-14)1-5-18(20)19-6-4-17(24-25-19)12-26-10-15-2-3-16(11-26)23-15/h1,4-9,15-16,23,27H,2-3,10-12H2,(H,21,22). The van der Waals surface area contributed by atoms with Gasteiger partial charge in [-0.25, -0.2) is 0 Å². The molecule has 0 amide bonds. The van der Waals surface area contributed by atoms with Crippen LogP contribution < -0.4 is 5.32 Å². The molecule has 2 saturated heterocycles. The average molecular weight is 362 g/mol. The summed E-state index contributed by atoms with van der Waals surface area (Å²) in [5, 5.41) is 29.5. The van der Waals surface area contributed by atoms with Gasteiger partial charge in [0.05, 0.1) is 17.6 Å². The van der Waals surface area contributed by atoms with Crippen LogP contribution >= 0.6 is 0 Å². The smallest absolute Gasteiger partial charge is 0.125 e. The molecule has 3 aromatic rings. The second-order valence-electron chi connectivity index (χ2n) is 7.46. The summed E-state index contributed by atoms with van der Waals surface area (Å²) in [5.41, 5.74) is 4.16. The van der Waals surface area contributed by atoms with Crippen LogP contribution in [0.3, 0.4) is 0 Å². The van der Waals surface area contributed by atoms with Gasteiger partial charge in [-0.3, -0.25) is 10.00 Å². The van der Waals surface area contributed by atoms with Gasteiger partial charge in [-0.05, 0) is 42.7 Å². The van der Waals surface area contributed by atoms with Gasteiger partial charge in [-0.2, -0.15) is 15.3 Å². The summed E-state index contributed by atoms with van der Waals surface area (Å²) in [6, 6.07) is 10.7. The van der Waals surface area contributed by atoms with Crippen molar-refractivity contribution in [2.75, 3.05) is 13.1 Å². The molecule has 0 saturated carbocycles. The minimum Gasteiger partial charge on any atom is -0.507 e. The molecule has 0 aliphatic carbocycles. The molecular formula is C20H22N6O. The normalized spacial score (nSPS) is 22.2. The number of hydrogen-bond acceptors (Lipinski definition) is 6. The third-order valence-corrected chi connectivity index (χ3v) is 5.50. The first-order valence-electron chi connectivity index (χ1n) is 9.38. The molecule has 2 fully saturated rings. The van der Waals surface area contributed by atoms with Crippen LogP contribution in [0, 0.1) is 0 Å². The number of aromatic hydroxyl groups is 1. The van der Waals surface area contributed by atoms with Crippen LogP contribution in [0.1, 0.15) is 18.5 Å². The molecule has 138 valence electrons. The third-order valence-electron chi connectivity index (χ3n) is 5.50. The minimum atomic E-state index is 0.189. The number of nitrogens with zero attached hydrogens (tertiary/aromatic N) is 4. The molecule has 2 unspecified atom stereocenters. The molecule has 2 atom stereocenters. The summed E-state index contributed by atoms with van der Waals surface area (Å²) in [5.74, 6) is 0.189. The van der Waals surface area contributed by atoms with Gasteiger partial charge >= 0.3 is 0 Å². The lowest BCUT2D eigenvalue weighted by Crippen LogP contribution is -2.50. The van der Waals surface area contributed by atoms with Crippen LogP contribution in [0.2, 0.25) is 0 Å². The fraction of sp³-hybridized carbons (Fsp3) is 0.350. The number of aromatic nitrogens is 4. The number of fused-ring (bicyclic) bond motifs is 2. The van der Waals surface area contributed by atoms with Crippen molar-refractivity contribution in [2.45, 2.75) is 31.5 Å². The SMILES string of the molecule is Oc1cc(-c2cn[nH]c2)ccc1-c1ccc(CN2CC3CCC(C2)N3)nn1. The van der Waals surface area contributed by atoms with E-state index in [2.05, 4.69) is 30.6 Å². The van der Waals surface area contributed by atoms with Crippen LogP contribution in [0.4, 0.5) is 0 Å². The highest BCUT2D eigenvalue weighted by Gasteiger charge is 2.32. The third kappa shape index (κ3) is 3.31. The summed E-state index contributed by atoms with van der Waals surface area (Å²) < 4.78 is 0. The van der Waals surface area contributed by atoms with Gasteiger partial charge < -0.3 is 10.4 Å². The summed E-state index contributed by atoms with van der Waals surface area (Å²) >= 11 is 0. The van der Waals surface area contributed by atoms with E-state index in [1.165, 1.54) is 12.8 Å². The van der Waals surface area contributed by atoms with Crippen molar-refractivity contribution in [3.05, 3.63) is 48.4 Å². The number of rotatable bonds is 4. The van der Waals surface area contributed by atoms with E-state index in [9.17, 15) is 5.11 Å². The Morgan fingerprint density at radius 2 is 1.89 bits per heavy atom. The maximum Gasteiger partial charge on any atom is 0.125 e. The highest BCUT2D eigenvalue weighted by molar-refractivity contribution is 5.73. The number of H-pyrrole nitrogens is 1. The molecule has 0 spiro atoms. The number of phenolic OH excluding ortho intramolecular Hbond substituents is 1. The lowest BCUT2D eigenvalue weighted by atomic mass is 10.0. The Balaban J connectivity index is 1.31. The first-order chi connectivity index (χ1) is 13.2. The fourth-order valence-electron chi connectivity index (χ4n) is 4.17. The van der Waals surface area contributed by atoms with Crippen molar-refractivity contribution in [3.63, 3.8) is 0 Å². The monoisotopic (exact) mass is 362 g/mol. The van der Waals surface area contributed by atoms with Gasteiger partial charge in [-0.1, -0.05) is 6.07 Å². The summed E-state index contributed by atoms with van der Waals surface area (Å²) in [7, 11) is 0. The lowest BCUT2D eigenvalue weighted by molar-refractivity contribution is 0.186. The van der Waals surface area contributed by atoms with E-state index in [-0.39, 0.29) is 5.75 Å². The van der Waals surface area contributed by atoms with Gasteiger partial charge in [0, 0.05) is 49.0 Å². The van der Waals surface area contributed by atoms with Crippen LogP contribution in [-0.4, -0.2) is 55.6 Å². The Hall–Kier alpha value is -2.77. The molecule has 2 bridgehead atoms. The molecule has 0 radical (unpaired) electrons. The van der Waals surface area contributed by atoms with E-state index in [1.54, 1.807) is 18.5 Å². The molecule has 7 nitrogen and oxygen atoms in total. The van der Waals surface area contributed by atoms with Crippen molar-refractivity contribution < 1.29 is 5.11 Å². The summed E-state index contributed by atoms with van der Waals surface area (Å²) in [4.78, 5) is 2.46. The summed E-state index contributed by atoms with van der Waals surface area (Å²) in [6.07, 6.45) is 6.08. The second kappa shape index (κ2) is 6.75. The zero-order chi connectivity index (χ0) is 18.2. The van der Waals surface area contributed by atoms with Gasteiger partial charge in [0.25, 0.3) is 0 Å². The number of nitrogens with one attached hydrogen (secondary N) is 2. The van der Waals surface area contributed by atoms with Gasteiger partial charge in [0.15, 0.2) is 0 Å². The van der Waals surface area contributed by atoms with Crippen molar-refractivity contribution >= 4 is 0 Å². The van der Waals surface area contributed by atoms with Crippen LogP contribution in [0.25, 0.3) is 22.4 Å². The number of piperazine rings is 1. The number of hydrogen-bond donors (Lipinski definition) is 3. The Morgan fingerprint density at radius 1 is 1.04 bits per heavy atom. The maximum absolute atomic E-state index is 10.4. The molecule has 3 N–H and O–H groups in total. The van der Waals surface area contributed by atoms with Gasteiger partial charge in [-0.15, -0.1) is 0 Å². The largest absolute Gasteiger partial charge is 0.507 e. The topological polar surface area (TPSA) is 90.0 Å². The van der Waals surface area contributed by atoms with Crippen molar-refractivity contribution in [3.8, 4) is 28.1 Å². The van der Waals surface area contributed by atoms with Crippen LogP contribution in [0.5, 0.6) is 5.75 Å². The van der Waals surface area contributed by atoms with Crippen molar-refractivity contribution in [1.29, 1.82) is 0 Å². The Bertz CT molecular complexity index is 912. The number of benzene rings is 1. The number of likely N-dealkylation sites (tertiary alicyclic amines) is 1. The predicted octanol–water partition coefficient (Wildman–Crippen LogP) is 2.18. The zero-order valence-electron chi connectivity index (χ0n) is 15.0. The fourth-order valence-corrected chi connectivity index (χ4v) is 4.17. The van der Waals surface area contributed by atoms with Gasteiger partial charge in [0.1, 0.15) is 5.75 Å². The minimum absolute atomic E-state index is 0.189.